The van der Waals surface area contributed by atoms with Gasteiger partial charge in [-0.25, -0.2) is 0 Å². The van der Waals surface area contributed by atoms with E-state index in [0.29, 0.717) is 44.0 Å². The zero-order valence-corrected chi connectivity index (χ0v) is 17.5. The molecule has 1 N–H and O–H groups in total. The Labute approximate surface area is 167 Å². The standard InChI is InChI=1S/C22H31N3O3/c1-14(2)13-23-19(26)16-6-7-18-17(12-16)22(21(28)24(18)5)8-10-25(11-9-22)20(27)15(3)4/h6-7,12,14-15H,8-11,13H2,1-5H3,(H,23,26). The smallest absolute Gasteiger partial charge is 0.251 e. The Morgan fingerprint density at radius 1 is 1.14 bits per heavy atom. The van der Waals surface area contributed by atoms with Crippen LogP contribution in [0.4, 0.5) is 5.69 Å². The average Bonchev–Trinajstić information content (AvgIpc) is 2.88. The summed E-state index contributed by atoms with van der Waals surface area (Å²) in [6, 6.07) is 5.54. The SMILES string of the molecule is CC(C)CNC(=O)c1ccc2c(c1)C1(CCN(C(=O)C(C)C)CC1)C(=O)N2C. The Balaban J connectivity index is 1.88. The first-order chi connectivity index (χ1) is 13.2. The third-order valence-electron chi connectivity index (χ3n) is 5.94. The van der Waals surface area contributed by atoms with Crippen LogP contribution in [0.1, 0.15) is 56.5 Å². The van der Waals surface area contributed by atoms with Gasteiger partial charge in [0, 0.05) is 43.9 Å². The van der Waals surface area contributed by atoms with Crippen molar-refractivity contribution in [3.8, 4) is 0 Å². The molecule has 2 aliphatic heterocycles. The first-order valence-corrected chi connectivity index (χ1v) is 10.2. The Hall–Kier alpha value is -2.37. The van der Waals surface area contributed by atoms with Gasteiger partial charge in [-0.05, 0) is 42.5 Å². The van der Waals surface area contributed by atoms with Crippen LogP contribution >= 0.6 is 0 Å². The molecular formula is C22H31N3O3. The van der Waals surface area contributed by atoms with Crippen molar-refractivity contribution in [2.45, 2.75) is 46.0 Å². The minimum Gasteiger partial charge on any atom is -0.352 e. The summed E-state index contributed by atoms with van der Waals surface area (Å²) in [5.74, 6) is 0.426. The van der Waals surface area contributed by atoms with Gasteiger partial charge in [0.15, 0.2) is 0 Å². The molecular weight excluding hydrogens is 354 g/mol. The highest BCUT2D eigenvalue weighted by Gasteiger charge is 2.51. The van der Waals surface area contributed by atoms with E-state index in [1.54, 1.807) is 18.0 Å². The fraction of sp³-hybridized carbons (Fsp3) is 0.591. The van der Waals surface area contributed by atoms with E-state index >= 15 is 0 Å². The highest BCUT2D eigenvalue weighted by Crippen LogP contribution is 2.47. The summed E-state index contributed by atoms with van der Waals surface area (Å²) < 4.78 is 0. The van der Waals surface area contributed by atoms with Crippen molar-refractivity contribution in [3.63, 3.8) is 0 Å². The number of piperidine rings is 1. The Morgan fingerprint density at radius 2 is 1.79 bits per heavy atom. The molecule has 2 aliphatic rings. The number of nitrogens with one attached hydrogen (secondary N) is 1. The van der Waals surface area contributed by atoms with Crippen LogP contribution in [0.3, 0.4) is 0 Å². The first-order valence-electron chi connectivity index (χ1n) is 10.2. The number of likely N-dealkylation sites (N-methyl/N-ethyl adjacent to an activating group) is 1. The van der Waals surface area contributed by atoms with E-state index in [1.807, 2.05) is 30.9 Å². The third-order valence-corrected chi connectivity index (χ3v) is 5.94. The van der Waals surface area contributed by atoms with Crippen molar-refractivity contribution < 1.29 is 14.4 Å². The van der Waals surface area contributed by atoms with Gasteiger partial charge in [0.1, 0.15) is 0 Å². The zero-order chi connectivity index (χ0) is 20.6. The van der Waals surface area contributed by atoms with Crippen LogP contribution in [-0.2, 0) is 15.0 Å². The molecule has 0 aliphatic carbocycles. The molecule has 0 radical (unpaired) electrons. The number of likely N-dealkylation sites (tertiary alicyclic amines) is 1. The molecule has 0 aromatic heterocycles. The largest absolute Gasteiger partial charge is 0.352 e. The number of carbonyl (C=O) groups excluding carboxylic acids is 3. The predicted molar refractivity (Wildman–Crippen MR) is 109 cm³/mol. The number of hydrogen-bond acceptors (Lipinski definition) is 3. The number of anilines is 1. The van der Waals surface area contributed by atoms with Crippen molar-refractivity contribution in [2.75, 3.05) is 31.6 Å². The van der Waals surface area contributed by atoms with Crippen molar-refractivity contribution in [2.24, 2.45) is 11.8 Å². The van der Waals surface area contributed by atoms with Crippen LogP contribution in [0.25, 0.3) is 0 Å². The van der Waals surface area contributed by atoms with E-state index < -0.39 is 5.41 Å². The number of fused-ring (bicyclic) bond motifs is 2. The Morgan fingerprint density at radius 3 is 2.36 bits per heavy atom. The average molecular weight is 386 g/mol. The molecule has 0 unspecified atom stereocenters. The lowest BCUT2D eigenvalue weighted by Crippen LogP contribution is -2.50. The fourth-order valence-electron chi connectivity index (χ4n) is 4.25. The molecule has 6 heteroatoms. The van der Waals surface area contributed by atoms with Crippen LogP contribution in [0.5, 0.6) is 0 Å². The van der Waals surface area contributed by atoms with Crippen LogP contribution in [0, 0.1) is 11.8 Å². The number of benzene rings is 1. The first kappa shape index (κ1) is 20.4. The van der Waals surface area contributed by atoms with Gasteiger partial charge >= 0.3 is 0 Å². The van der Waals surface area contributed by atoms with Crippen LogP contribution < -0.4 is 10.2 Å². The number of carbonyl (C=O) groups is 3. The van der Waals surface area contributed by atoms with Crippen LogP contribution in [-0.4, -0.2) is 49.3 Å². The van der Waals surface area contributed by atoms with Gasteiger partial charge in [-0.3, -0.25) is 14.4 Å². The summed E-state index contributed by atoms with van der Waals surface area (Å²) in [5, 5.41) is 2.95. The summed E-state index contributed by atoms with van der Waals surface area (Å²) in [6.07, 6.45) is 1.19. The van der Waals surface area contributed by atoms with Gasteiger partial charge in [-0.15, -0.1) is 0 Å². The molecule has 152 valence electrons. The molecule has 1 aromatic rings. The van der Waals surface area contributed by atoms with E-state index in [4.69, 9.17) is 0 Å². The van der Waals surface area contributed by atoms with Gasteiger partial charge in [0.25, 0.3) is 5.91 Å². The summed E-state index contributed by atoms with van der Waals surface area (Å²) in [6.45, 7) is 9.67. The molecule has 3 amide bonds. The van der Waals surface area contributed by atoms with E-state index in [9.17, 15) is 14.4 Å². The minimum absolute atomic E-state index is 0.0421. The molecule has 2 heterocycles. The second-order valence-electron chi connectivity index (χ2n) is 8.76. The number of rotatable bonds is 4. The van der Waals surface area contributed by atoms with E-state index in [-0.39, 0.29) is 23.6 Å². The van der Waals surface area contributed by atoms with Gasteiger partial charge in [-0.1, -0.05) is 27.7 Å². The minimum atomic E-state index is -0.633. The lowest BCUT2D eigenvalue weighted by atomic mass is 9.73. The summed E-state index contributed by atoms with van der Waals surface area (Å²) in [7, 11) is 1.79. The van der Waals surface area contributed by atoms with Gasteiger partial charge in [0.2, 0.25) is 11.8 Å². The molecule has 1 fully saturated rings. The molecule has 0 atom stereocenters. The molecule has 1 spiro atoms. The number of hydrogen-bond donors (Lipinski definition) is 1. The zero-order valence-electron chi connectivity index (χ0n) is 17.5. The molecule has 0 saturated carbocycles. The molecule has 6 nitrogen and oxygen atoms in total. The molecule has 1 saturated heterocycles. The number of amides is 3. The Kier molecular flexibility index (Phi) is 5.50. The highest BCUT2D eigenvalue weighted by molar-refractivity contribution is 6.09. The molecule has 28 heavy (non-hydrogen) atoms. The second-order valence-corrected chi connectivity index (χ2v) is 8.76. The maximum atomic E-state index is 13.2. The van der Waals surface area contributed by atoms with Crippen molar-refractivity contribution in [1.82, 2.24) is 10.2 Å². The van der Waals surface area contributed by atoms with Crippen LogP contribution in [0.2, 0.25) is 0 Å². The monoisotopic (exact) mass is 385 g/mol. The topological polar surface area (TPSA) is 69.7 Å². The molecule has 0 bridgehead atoms. The molecule has 1 aromatic carbocycles. The lowest BCUT2D eigenvalue weighted by molar-refractivity contribution is -0.138. The van der Waals surface area contributed by atoms with Gasteiger partial charge < -0.3 is 15.1 Å². The summed E-state index contributed by atoms with van der Waals surface area (Å²) in [5.41, 5.74) is 1.75. The Bertz CT molecular complexity index is 792. The second kappa shape index (κ2) is 7.57. The van der Waals surface area contributed by atoms with Gasteiger partial charge in [0.05, 0.1) is 5.41 Å². The van der Waals surface area contributed by atoms with Crippen molar-refractivity contribution in [3.05, 3.63) is 29.3 Å². The maximum Gasteiger partial charge on any atom is 0.251 e. The predicted octanol–water partition coefficient (Wildman–Crippen LogP) is 2.57. The highest BCUT2D eigenvalue weighted by atomic mass is 16.2. The van der Waals surface area contributed by atoms with E-state index in [1.165, 1.54) is 0 Å². The summed E-state index contributed by atoms with van der Waals surface area (Å²) in [4.78, 5) is 41.6. The van der Waals surface area contributed by atoms with Gasteiger partial charge in [-0.2, -0.15) is 0 Å². The van der Waals surface area contributed by atoms with Crippen molar-refractivity contribution in [1.29, 1.82) is 0 Å². The molecule has 3 rings (SSSR count). The number of nitrogens with zero attached hydrogens (tertiary/aromatic N) is 2. The van der Waals surface area contributed by atoms with Crippen LogP contribution in [0.15, 0.2) is 18.2 Å². The maximum absolute atomic E-state index is 13.2. The normalized spacial score (nSPS) is 18.2. The summed E-state index contributed by atoms with van der Waals surface area (Å²) >= 11 is 0. The van der Waals surface area contributed by atoms with E-state index in [2.05, 4.69) is 19.2 Å². The van der Waals surface area contributed by atoms with E-state index in [0.717, 1.165) is 11.3 Å². The lowest BCUT2D eigenvalue weighted by Gasteiger charge is -2.39. The van der Waals surface area contributed by atoms with Crippen molar-refractivity contribution >= 4 is 23.4 Å². The quantitative estimate of drug-likeness (QED) is 0.866. The fourth-order valence-corrected chi connectivity index (χ4v) is 4.25. The third kappa shape index (κ3) is 3.40.